The van der Waals surface area contributed by atoms with Gasteiger partial charge in [0.25, 0.3) is 0 Å². The Kier molecular flexibility index (Phi) is 4.24. The van der Waals surface area contributed by atoms with Crippen molar-refractivity contribution in [2.24, 2.45) is 0 Å². The maximum absolute atomic E-state index is 12.9. The van der Waals surface area contributed by atoms with Gasteiger partial charge in [-0.3, -0.25) is 14.4 Å². The number of hydrogen-bond acceptors (Lipinski definition) is 5. The molecule has 0 fully saturated rings. The second-order valence-corrected chi connectivity index (χ2v) is 6.09. The summed E-state index contributed by atoms with van der Waals surface area (Å²) in [5.74, 6) is -1.95. The van der Waals surface area contributed by atoms with Gasteiger partial charge in [-0.1, -0.05) is 25.5 Å². The van der Waals surface area contributed by atoms with Gasteiger partial charge in [0.1, 0.15) is 5.75 Å². The van der Waals surface area contributed by atoms with Crippen LogP contribution in [0.2, 0.25) is 0 Å². The number of aromatic hydroxyl groups is 1. The van der Waals surface area contributed by atoms with Crippen LogP contribution in [0.5, 0.6) is 5.75 Å². The third-order valence-corrected chi connectivity index (χ3v) is 4.42. The highest BCUT2D eigenvalue weighted by atomic mass is 16.5. The van der Waals surface area contributed by atoms with E-state index in [1.54, 1.807) is 0 Å². The van der Waals surface area contributed by atoms with Crippen LogP contribution in [0, 0.1) is 0 Å². The number of fused-ring (bicyclic) bond motifs is 1. The SMILES string of the molecule is CCC[C@H]1O[C@@H](CC(=O)O)CC2=C1C(=O)c1c(O)cccc1C2=O. The van der Waals surface area contributed by atoms with Crippen LogP contribution in [-0.4, -0.2) is 40.0 Å². The van der Waals surface area contributed by atoms with Gasteiger partial charge in [0.15, 0.2) is 11.6 Å². The van der Waals surface area contributed by atoms with Gasteiger partial charge in [0.05, 0.1) is 24.2 Å². The molecule has 0 unspecified atom stereocenters. The average Bonchev–Trinajstić information content (AvgIpc) is 2.51. The summed E-state index contributed by atoms with van der Waals surface area (Å²) in [5.41, 5.74) is 0.791. The zero-order chi connectivity index (χ0) is 17.4. The van der Waals surface area contributed by atoms with Crippen LogP contribution in [0.4, 0.5) is 0 Å². The van der Waals surface area contributed by atoms with Gasteiger partial charge in [-0.25, -0.2) is 0 Å². The summed E-state index contributed by atoms with van der Waals surface area (Å²) in [6.45, 7) is 1.92. The Bertz CT molecular complexity index is 761. The quantitative estimate of drug-likeness (QED) is 0.879. The topological polar surface area (TPSA) is 101 Å². The van der Waals surface area contributed by atoms with E-state index in [-0.39, 0.29) is 41.1 Å². The van der Waals surface area contributed by atoms with Crippen LogP contribution in [0.3, 0.4) is 0 Å². The molecule has 0 spiro atoms. The third-order valence-electron chi connectivity index (χ3n) is 4.42. The fraction of sp³-hybridized carbons (Fsp3) is 0.389. The van der Waals surface area contributed by atoms with Crippen molar-refractivity contribution < 1.29 is 29.3 Å². The fourth-order valence-electron chi connectivity index (χ4n) is 3.43. The Morgan fingerprint density at radius 3 is 2.71 bits per heavy atom. The van der Waals surface area contributed by atoms with Crippen molar-refractivity contribution in [1.82, 2.24) is 0 Å². The van der Waals surface area contributed by atoms with Gasteiger partial charge in [-0.15, -0.1) is 0 Å². The van der Waals surface area contributed by atoms with Crippen LogP contribution in [0.15, 0.2) is 29.3 Å². The number of phenolic OH excluding ortho intramolecular Hbond substituents is 1. The van der Waals surface area contributed by atoms with Crippen LogP contribution >= 0.6 is 0 Å². The molecule has 0 radical (unpaired) electrons. The largest absolute Gasteiger partial charge is 0.507 e. The zero-order valence-corrected chi connectivity index (χ0v) is 13.2. The van der Waals surface area contributed by atoms with Crippen LogP contribution < -0.4 is 0 Å². The second-order valence-electron chi connectivity index (χ2n) is 6.09. The van der Waals surface area contributed by atoms with Crippen molar-refractivity contribution in [3.8, 4) is 5.75 Å². The molecule has 6 nitrogen and oxygen atoms in total. The first-order chi connectivity index (χ1) is 11.4. The fourth-order valence-corrected chi connectivity index (χ4v) is 3.43. The molecule has 2 N–H and O–H groups in total. The van der Waals surface area contributed by atoms with E-state index in [4.69, 9.17) is 9.84 Å². The molecule has 1 heterocycles. The maximum atomic E-state index is 12.9. The lowest BCUT2D eigenvalue weighted by atomic mass is 9.77. The minimum atomic E-state index is -1.01. The van der Waals surface area contributed by atoms with E-state index < -0.39 is 24.0 Å². The number of carbonyl (C=O) groups is 3. The third kappa shape index (κ3) is 2.63. The molecule has 2 atom stereocenters. The van der Waals surface area contributed by atoms with Crippen molar-refractivity contribution in [2.45, 2.75) is 44.8 Å². The van der Waals surface area contributed by atoms with Crippen LogP contribution in [0.1, 0.15) is 53.3 Å². The monoisotopic (exact) mass is 330 g/mol. The molecule has 1 aromatic rings. The van der Waals surface area contributed by atoms with Gasteiger partial charge in [-0.2, -0.15) is 0 Å². The van der Waals surface area contributed by atoms with Gasteiger partial charge in [0, 0.05) is 23.1 Å². The van der Waals surface area contributed by atoms with E-state index in [0.717, 1.165) is 6.42 Å². The Morgan fingerprint density at radius 2 is 2.04 bits per heavy atom. The molecule has 6 heteroatoms. The zero-order valence-electron chi connectivity index (χ0n) is 13.2. The Morgan fingerprint density at radius 1 is 1.29 bits per heavy atom. The molecular formula is C18H18O6. The molecule has 1 aliphatic carbocycles. The van der Waals surface area contributed by atoms with Crippen molar-refractivity contribution in [1.29, 1.82) is 0 Å². The van der Waals surface area contributed by atoms with Crippen molar-refractivity contribution >= 4 is 17.5 Å². The number of ether oxygens (including phenoxy) is 1. The lowest BCUT2D eigenvalue weighted by Crippen LogP contribution is -2.39. The molecule has 24 heavy (non-hydrogen) atoms. The maximum Gasteiger partial charge on any atom is 0.305 e. The lowest BCUT2D eigenvalue weighted by Gasteiger charge is -2.35. The number of phenols is 1. The van der Waals surface area contributed by atoms with Gasteiger partial charge in [0.2, 0.25) is 0 Å². The molecule has 2 aliphatic rings. The molecule has 126 valence electrons. The van der Waals surface area contributed by atoms with Crippen molar-refractivity contribution in [3.63, 3.8) is 0 Å². The van der Waals surface area contributed by atoms with E-state index in [0.29, 0.717) is 12.0 Å². The number of carboxylic acid groups (broad SMARTS) is 1. The molecule has 0 aromatic heterocycles. The molecular weight excluding hydrogens is 312 g/mol. The summed E-state index contributed by atoms with van der Waals surface area (Å²) in [6.07, 6.45) is -0.138. The predicted octanol–water partition coefficient (Wildman–Crippen LogP) is 2.50. The normalized spacial score (nSPS) is 23.0. The van der Waals surface area contributed by atoms with E-state index in [2.05, 4.69) is 0 Å². The number of aliphatic carboxylic acids is 1. The second kappa shape index (κ2) is 6.20. The van der Waals surface area contributed by atoms with Gasteiger partial charge >= 0.3 is 5.97 Å². The molecule has 3 rings (SSSR count). The number of benzene rings is 1. The lowest BCUT2D eigenvalue weighted by molar-refractivity contribution is -0.141. The molecule has 1 aromatic carbocycles. The molecule has 0 saturated heterocycles. The number of carboxylic acids is 1. The van der Waals surface area contributed by atoms with E-state index in [1.165, 1.54) is 18.2 Å². The number of rotatable bonds is 4. The van der Waals surface area contributed by atoms with E-state index >= 15 is 0 Å². The summed E-state index contributed by atoms with van der Waals surface area (Å²) in [4.78, 5) is 36.7. The summed E-state index contributed by atoms with van der Waals surface area (Å²) < 4.78 is 5.79. The first kappa shape index (κ1) is 16.4. The first-order valence-corrected chi connectivity index (χ1v) is 7.95. The number of carbonyl (C=O) groups excluding carboxylic acids is 2. The predicted molar refractivity (Wildman–Crippen MR) is 84.2 cm³/mol. The molecule has 1 aliphatic heterocycles. The highest BCUT2D eigenvalue weighted by Crippen LogP contribution is 2.40. The van der Waals surface area contributed by atoms with E-state index in [9.17, 15) is 19.5 Å². The van der Waals surface area contributed by atoms with Crippen molar-refractivity contribution in [2.75, 3.05) is 0 Å². The Hall–Kier alpha value is -2.47. The van der Waals surface area contributed by atoms with Crippen LogP contribution in [0.25, 0.3) is 0 Å². The van der Waals surface area contributed by atoms with Gasteiger partial charge < -0.3 is 14.9 Å². The van der Waals surface area contributed by atoms with Crippen molar-refractivity contribution in [3.05, 3.63) is 40.5 Å². The first-order valence-electron chi connectivity index (χ1n) is 7.95. The molecule has 0 bridgehead atoms. The Labute approximate surface area is 138 Å². The molecule has 0 saturated carbocycles. The minimum Gasteiger partial charge on any atom is -0.507 e. The van der Waals surface area contributed by atoms with E-state index in [1.807, 2.05) is 6.92 Å². The number of hydrogen-bond donors (Lipinski definition) is 2. The highest BCUT2D eigenvalue weighted by Gasteiger charge is 2.42. The highest BCUT2D eigenvalue weighted by molar-refractivity contribution is 6.28. The average molecular weight is 330 g/mol. The Balaban J connectivity index is 2.09. The summed E-state index contributed by atoms with van der Waals surface area (Å²) >= 11 is 0. The summed E-state index contributed by atoms with van der Waals surface area (Å²) in [6, 6.07) is 4.40. The minimum absolute atomic E-state index is 0.0163. The number of ketones is 2. The van der Waals surface area contributed by atoms with Gasteiger partial charge in [-0.05, 0) is 12.5 Å². The van der Waals surface area contributed by atoms with Crippen LogP contribution in [-0.2, 0) is 9.53 Å². The smallest absolute Gasteiger partial charge is 0.305 e. The standard InChI is InChI=1S/C18H18O6/c1-2-4-13-16-11(7-9(24-13)8-14(20)21)17(22)10-5-3-6-12(19)15(10)18(16)23/h3,5-6,9,13,19H,2,4,7-8H2,1H3,(H,20,21)/t9-,13-/m1/s1. The number of Topliss-reactive ketones (excluding diaryl/α,β-unsaturated/α-hetero) is 2. The summed E-state index contributed by atoms with van der Waals surface area (Å²) in [5, 5.41) is 19.0. The molecule has 0 amide bonds. The summed E-state index contributed by atoms with van der Waals surface area (Å²) in [7, 11) is 0.